The highest BCUT2D eigenvalue weighted by Gasteiger charge is 2.20. The summed E-state index contributed by atoms with van der Waals surface area (Å²) in [7, 11) is -3.95. The summed E-state index contributed by atoms with van der Waals surface area (Å²) >= 11 is 0. The number of Topliss-reactive ketones (excluding diaryl/α,β-unsaturated/α-hetero) is 1. The Labute approximate surface area is 122 Å². The van der Waals surface area contributed by atoms with Crippen LogP contribution in [0, 0.1) is 12.7 Å². The number of hydrogen-bond acceptors (Lipinski definition) is 3. The van der Waals surface area contributed by atoms with Gasteiger partial charge in [-0.15, -0.1) is 0 Å². The van der Waals surface area contributed by atoms with Crippen molar-refractivity contribution in [3.63, 3.8) is 0 Å². The maximum absolute atomic E-state index is 13.8. The fraction of sp³-hybridized carbons (Fsp3) is 0.133. The number of anilines is 1. The summed E-state index contributed by atoms with van der Waals surface area (Å²) in [5, 5.41) is 0. The van der Waals surface area contributed by atoms with Crippen molar-refractivity contribution in [3.8, 4) is 0 Å². The number of benzene rings is 2. The number of carbonyl (C=O) groups is 1. The minimum absolute atomic E-state index is 0.00542. The van der Waals surface area contributed by atoms with Crippen molar-refractivity contribution in [2.75, 3.05) is 4.72 Å². The van der Waals surface area contributed by atoms with Gasteiger partial charge in [0.25, 0.3) is 10.0 Å². The number of rotatable bonds is 4. The van der Waals surface area contributed by atoms with Crippen LogP contribution >= 0.6 is 0 Å². The van der Waals surface area contributed by atoms with E-state index in [9.17, 15) is 17.6 Å². The van der Waals surface area contributed by atoms with E-state index < -0.39 is 21.6 Å². The fourth-order valence-corrected chi connectivity index (χ4v) is 2.92. The largest absolute Gasteiger partial charge is 0.294 e. The number of carbonyl (C=O) groups excluding carboxylic acids is 1. The van der Waals surface area contributed by atoms with E-state index in [0.29, 0.717) is 0 Å². The second-order valence-electron chi connectivity index (χ2n) is 4.64. The maximum Gasteiger partial charge on any atom is 0.262 e. The lowest BCUT2D eigenvalue weighted by Gasteiger charge is -2.12. The van der Waals surface area contributed by atoms with Crippen LogP contribution in [0.3, 0.4) is 0 Å². The van der Waals surface area contributed by atoms with Crippen LogP contribution in [-0.2, 0) is 10.0 Å². The number of aryl methyl sites for hydroxylation is 1. The monoisotopic (exact) mass is 307 g/mol. The Hall–Kier alpha value is -2.21. The summed E-state index contributed by atoms with van der Waals surface area (Å²) < 4.78 is 40.5. The molecule has 2 aromatic carbocycles. The van der Waals surface area contributed by atoms with Gasteiger partial charge >= 0.3 is 0 Å². The van der Waals surface area contributed by atoms with E-state index in [-0.39, 0.29) is 16.1 Å². The molecular weight excluding hydrogens is 293 g/mol. The SMILES string of the molecule is CC(=O)c1cccc(F)c1NS(=O)(=O)c1ccc(C)cc1. The van der Waals surface area contributed by atoms with E-state index >= 15 is 0 Å². The molecule has 0 aliphatic carbocycles. The molecule has 0 saturated heterocycles. The molecule has 21 heavy (non-hydrogen) atoms. The molecule has 0 fully saturated rings. The maximum atomic E-state index is 13.8. The molecule has 0 atom stereocenters. The molecule has 0 bridgehead atoms. The number of para-hydroxylation sites is 1. The van der Waals surface area contributed by atoms with Gasteiger partial charge < -0.3 is 0 Å². The first-order valence-electron chi connectivity index (χ1n) is 6.20. The van der Waals surface area contributed by atoms with E-state index in [1.54, 1.807) is 12.1 Å². The van der Waals surface area contributed by atoms with Crippen molar-refractivity contribution in [2.24, 2.45) is 0 Å². The van der Waals surface area contributed by atoms with Gasteiger partial charge in [0.05, 0.1) is 10.6 Å². The van der Waals surface area contributed by atoms with Gasteiger partial charge in [-0.2, -0.15) is 0 Å². The minimum Gasteiger partial charge on any atom is -0.294 e. The van der Waals surface area contributed by atoms with Crippen LogP contribution in [0.4, 0.5) is 10.1 Å². The van der Waals surface area contributed by atoms with Crippen LogP contribution in [0.1, 0.15) is 22.8 Å². The Morgan fingerprint density at radius 3 is 2.29 bits per heavy atom. The molecule has 0 saturated carbocycles. The lowest BCUT2D eigenvalue weighted by atomic mass is 10.1. The van der Waals surface area contributed by atoms with Gasteiger partial charge in [0.1, 0.15) is 5.82 Å². The third kappa shape index (κ3) is 3.28. The predicted molar refractivity (Wildman–Crippen MR) is 78.4 cm³/mol. The van der Waals surface area contributed by atoms with E-state index in [4.69, 9.17) is 0 Å². The molecule has 0 unspecified atom stereocenters. The van der Waals surface area contributed by atoms with Crippen molar-refractivity contribution in [1.82, 2.24) is 0 Å². The molecule has 0 heterocycles. The summed E-state index contributed by atoms with van der Waals surface area (Å²) in [6.07, 6.45) is 0. The fourth-order valence-electron chi connectivity index (χ4n) is 1.83. The topological polar surface area (TPSA) is 63.2 Å². The van der Waals surface area contributed by atoms with Gasteiger partial charge in [-0.25, -0.2) is 12.8 Å². The van der Waals surface area contributed by atoms with E-state index in [1.165, 1.54) is 31.2 Å². The van der Waals surface area contributed by atoms with Gasteiger partial charge in [0, 0.05) is 5.56 Å². The predicted octanol–water partition coefficient (Wildman–Crippen LogP) is 3.14. The number of sulfonamides is 1. The molecule has 0 aliphatic heterocycles. The second-order valence-corrected chi connectivity index (χ2v) is 6.32. The summed E-state index contributed by atoms with van der Waals surface area (Å²) in [4.78, 5) is 11.5. The van der Waals surface area contributed by atoms with Crippen molar-refractivity contribution >= 4 is 21.5 Å². The molecule has 110 valence electrons. The number of nitrogens with one attached hydrogen (secondary N) is 1. The Morgan fingerprint density at radius 2 is 1.71 bits per heavy atom. The van der Waals surface area contributed by atoms with Crippen molar-refractivity contribution < 1.29 is 17.6 Å². The zero-order valence-corrected chi connectivity index (χ0v) is 12.4. The number of ketones is 1. The molecule has 0 aromatic heterocycles. The van der Waals surface area contributed by atoms with Gasteiger partial charge in [-0.3, -0.25) is 9.52 Å². The van der Waals surface area contributed by atoms with Gasteiger partial charge in [0.15, 0.2) is 5.78 Å². The van der Waals surface area contributed by atoms with Crippen LogP contribution in [0.15, 0.2) is 47.4 Å². The smallest absolute Gasteiger partial charge is 0.262 e. The van der Waals surface area contributed by atoms with Crippen molar-refractivity contribution in [2.45, 2.75) is 18.7 Å². The van der Waals surface area contributed by atoms with Crippen LogP contribution < -0.4 is 4.72 Å². The Kier molecular flexibility index (Phi) is 4.09. The van der Waals surface area contributed by atoms with Crippen molar-refractivity contribution in [3.05, 3.63) is 59.4 Å². The molecule has 2 aromatic rings. The summed E-state index contributed by atoms with van der Waals surface area (Å²) in [5.74, 6) is -1.21. The lowest BCUT2D eigenvalue weighted by Crippen LogP contribution is -2.16. The first-order chi connectivity index (χ1) is 9.81. The summed E-state index contributed by atoms with van der Waals surface area (Å²) in [6, 6.07) is 9.95. The average molecular weight is 307 g/mol. The Morgan fingerprint density at radius 1 is 1.10 bits per heavy atom. The zero-order chi connectivity index (χ0) is 15.6. The van der Waals surface area contributed by atoms with Crippen LogP contribution in [-0.4, -0.2) is 14.2 Å². The van der Waals surface area contributed by atoms with E-state index in [0.717, 1.165) is 11.6 Å². The first kappa shape index (κ1) is 15.2. The Bertz CT molecular complexity index is 783. The van der Waals surface area contributed by atoms with Crippen LogP contribution in [0.2, 0.25) is 0 Å². The molecule has 6 heteroatoms. The standard InChI is InChI=1S/C15H14FNO3S/c1-10-6-8-12(9-7-10)21(19,20)17-15-13(11(2)18)4-3-5-14(15)16/h3-9,17H,1-2H3. The second kappa shape index (κ2) is 5.65. The first-order valence-corrected chi connectivity index (χ1v) is 7.68. The molecular formula is C15H14FNO3S. The average Bonchev–Trinajstić information content (AvgIpc) is 2.41. The lowest BCUT2D eigenvalue weighted by molar-refractivity contribution is 0.101. The minimum atomic E-state index is -3.95. The molecule has 0 radical (unpaired) electrons. The molecule has 4 nitrogen and oxygen atoms in total. The van der Waals surface area contributed by atoms with Gasteiger partial charge in [0.2, 0.25) is 0 Å². The normalized spacial score (nSPS) is 11.2. The molecule has 0 spiro atoms. The van der Waals surface area contributed by atoms with Crippen molar-refractivity contribution in [1.29, 1.82) is 0 Å². The van der Waals surface area contributed by atoms with Gasteiger partial charge in [-0.1, -0.05) is 23.8 Å². The summed E-state index contributed by atoms with van der Waals surface area (Å²) in [5.41, 5.74) is 0.570. The van der Waals surface area contributed by atoms with Gasteiger partial charge in [-0.05, 0) is 38.1 Å². The molecule has 2 rings (SSSR count). The number of hydrogen-bond donors (Lipinski definition) is 1. The molecule has 0 amide bonds. The van der Waals surface area contributed by atoms with Crippen LogP contribution in [0.5, 0.6) is 0 Å². The van der Waals surface area contributed by atoms with Crippen LogP contribution in [0.25, 0.3) is 0 Å². The third-order valence-corrected chi connectivity index (χ3v) is 4.33. The number of halogens is 1. The van der Waals surface area contributed by atoms with E-state index in [1.807, 2.05) is 6.92 Å². The highest BCUT2D eigenvalue weighted by atomic mass is 32.2. The molecule has 1 N–H and O–H groups in total. The quantitative estimate of drug-likeness (QED) is 0.883. The molecule has 0 aliphatic rings. The third-order valence-electron chi connectivity index (χ3n) is 2.96. The Balaban J connectivity index is 2.46. The highest BCUT2D eigenvalue weighted by Crippen LogP contribution is 2.24. The van der Waals surface area contributed by atoms with E-state index in [2.05, 4.69) is 4.72 Å². The summed E-state index contributed by atoms with van der Waals surface area (Å²) in [6.45, 7) is 3.08. The zero-order valence-electron chi connectivity index (χ0n) is 11.6. The highest BCUT2D eigenvalue weighted by molar-refractivity contribution is 7.92.